The number of carboxylic acids is 1. The van der Waals surface area contributed by atoms with Gasteiger partial charge in [0.15, 0.2) is 5.92 Å². The highest BCUT2D eigenvalue weighted by molar-refractivity contribution is 5.96. The maximum Gasteiger partial charge on any atom is 0.408 e. The predicted octanol–water partition coefficient (Wildman–Crippen LogP) is 3.72. The van der Waals surface area contributed by atoms with Gasteiger partial charge in [0.25, 0.3) is 0 Å². The number of nitrogens with one attached hydrogen (secondary N) is 1. The van der Waals surface area contributed by atoms with E-state index in [4.69, 9.17) is 14.2 Å². The van der Waals surface area contributed by atoms with Crippen molar-refractivity contribution < 1.29 is 38.5 Å². The van der Waals surface area contributed by atoms with Crippen molar-refractivity contribution in [2.75, 3.05) is 0 Å². The average molecular weight is 456 g/mol. The molecule has 9 nitrogen and oxygen atoms in total. The molecule has 182 valence electrons. The lowest BCUT2D eigenvalue weighted by atomic mass is 9.95. The Hall–Kier alpha value is -2.32. The van der Waals surface area contributed by atoms with E-state index in [0.29, 0.717) is 25.7 Å². The summed E-state index contributed by atoms with van der Waals surface area (Å²) in [5.41, 5.74) is -0.827. The number of esters is 2. The van der Waals surface area contributed by atoms with E-state index in [0.717, 1.165) is 38.5 Å². The van der Waals surface area contributed by atoms with Gasteiger partial charge in [0.05, 0.1) is 0 Å². The largest absolute Gasteiger partial charge is 0.480 e. The van der Waals surface area contributed by atoms with Crippen molar-refractivity contribution in [1.82, 2.24) is 5.32 Å². The van der Waals surface area contributed by atoms with Crippen LogP contribution < -0.4 is 5.32 Å². The lowest BCUT2D eigenvalue weighted by Gasteiger charge is -2.28. The van der Waals surface area contributed by atoms with Crippen LogP contribution in [0.15, 0.2) is 0 Å². The molecule has 1 amide bonds. The van der Waals surface area contributed by atoms with Crippen LogP contribution in [0, 0.1) is 5.92 Å². The molecule has 2 saturated carbocycles. The van der Waals surface area contributed by atoms with E-state index in [9.17, 15) is 24.3 Å². The molecule has 0 aromatic rings. The van der Waals surface area contributed by atoms with Crippen LogP contribution in [0.5, 0.6) is 0 Å². The number of rotatable bonds is 8. The highest BCUT2D eigenvalue weighted by Gasteiger charge is 2.38. The van der Waals surface area contributed by atoms with Gasteiger partial charge in [0.2, 0.25) is 0 Å². The molecule has 0 bridgehead atoms. The number of alkyl carbamates (subject to hydrolysis) is 1. The van der Waals surface area contributed by atoms with E-state index in [-0.39, 0.29) is 12.2 Å². The molecule has 1 atom stereocenters. The third-order valence-electron chi connectivity index (χ3n) is 5.70. The Labute approximate surface area is 189 Å². The van der Waals surface area contributed by atoms with Gasteiger partial charge in [0.1, 0.15) is 23.9 Å². The highest BCUT2D eigenvalue weighted by atomic mass is 16.6. The van der Waals surface area contributed by atoms with Crippen molar-refractivity contribution >= 4 is 24.0 Å². The quantitative estimate of drug-likeness (QED) is 0.322. The molecule has 9 heteroatoms. The van der Waals surface area contributed by atoms with Crippen molar-refractivity contribution in [3.05, 3.63) is 0 Å². The van der Waals surface area contributed by atoms with Crippen LogP contribution >= 0.6 is 0 Å². The van der Waals surface area contributed by atoms with Crippen molar-refractivity contribution in [3.63, 3.8) is 0 Å². The number of hydrogen-bond acceptors (Lipinski definition) is 7. The zero-order valence-corrected chi connectivity index (χ0v) is 19.4. The minimum Gasteiger partial charge on any atom is -0.480 e. The molecule has 0 aliphatic heterocycles. The summed E-state index contributed by atoms with van der Waals surface area (Å²) in [6.07, 6.45) is 6.78. The summed E-state index contributed by atoms with van der Waals surface area (Å²) in [7, 11) is 0. The topological polar surface area (TPSA) is 128 Å². The van der Waals surface area contributed by atoms with Gasteiger partial charge in [-0.1, -0.05) is 12.8 Å². The summed E-state index contributed by atoms with van der Waals surface area (Å²) in [6, 6.07) is -1.51. The van der Waals surface area contributed by atoms with E-state index in [1.165, 1.54) is 0 Å². The molecule has 1 unspecified atom stereocenters. The fourth-order valence-electron chi connectivity index (χ4n) is 4.05. The van der Waals surface area contributed by atoms with E-state index >= 15 is 0 Å². The Morgan fingerprint density at radius 2 is 1.28 bits per heavy atom. The standard InChI is InChI=1S/C23H37NO8/c1-23(2,3)32-22(29)24-18(19(25)26)14-17(20(27)30-15-10-6-4-7-11-15)21(28)31-16-12-8-5-9-13-16/h15-18H,4-14H2,1-3H3,(H,24,29)(H,25,26). The first kappa shape index (κ1) is 25.9. The molecule has 2 aliphatic rings. The lowest BCUT2D eigenvalue weighted by Crippen LogP contribution is -2.47. The maximum absolute atomic E-state index is 12.9. The Morgan fingerprint density at radius 3 is 1.66 bits per heavy atom. The van der Waals surface area contributed by atoms with E-state index in [1.54, 1.807) is 20.8 Å². The first-order chi connectivity index (χ1) is 15.0. The third-order valence-corrected chi connectivity index (χ3v) is 5.70. The molecule has 32 heavy (non-hydrogen) atoms. The van der Waals surface area contributed by atoms with Crippen LogP contribution in [0.25, 0.3) is 0 Å². The first-order valence-corrected chi connectivity index (χ1v) is 11.7. The number of amides is 1. The number of hydrogen-bond donors (Lipinski definition) is 2. The van der Waals surface area contributed by atoms with Crippen LogP contribution in [0.3, 0.4) is 0 Å². The predicted molar refractivity (Wildman–Crippen MR) is 115 cm³/mol. The number of aliphatic carboxylic acids is 1. The van der Waals surface area contributed by atoms with Crippen LogP contribution in [-0.4, -0.2) is 53.0 Å². The second kappa shape index (κ2) is 12.1. The van der Waals surface area contributed by atoms with Gasteiger partial charge < -0.3 is 24.6 Å². The summed E-state index contributed by atoms with van der Waals surface area (Å²) in [6.45, 7) is 4.94. The number of ether oxygens (including phenoxy) is 3. The molecular formula is C23H37NO8. The Kier molecular flexibility index (Phi) is 9.78. The third kappa shape index (κ3) is 9.04. The number of carboxylic acid groups (broad SMARTS) is 1. The summed E-state index contributed by atoms with van der Waals surface area (Å²) >= 11 is 0. The fraction of sp³-hybridized carbons (Fsp3) is 0.826. The van der Waals surface area contributed by atoms with E-state index in [1.807, 2.05) is 0 Å². The Morgan fingerprint density at radius 1 is 0.844 bits per heavy atom. The minimum absolute atomic E-state index is 0.289. The summed E-state index contributed by atoms with van der Waals surface area (Å²) in [4.78, 5) is 49.7. The van der Waals surface area contributed by atoms with Crippen molar-refractivity contribution in [2.45, 2.75) is 115 Å². The second-order valence-corrected chi connectivity index (χ2v) is 9.72. The van der Waals surface area contributed by atoms with Gasteiger partial charge in [-0.15, -0.1) is 0 Å². The van der Waals surface area contributed by atoms with Crippen molar-refractivity contribution in [2.24, 2.45) is 5.92 Å². The van der Waals surface area contributed by atoms with Gasteiger partial charge in [-0.2, -0.15) is 0 Å². The Bertz CT molecular complexity index is 627. The molecule has 2 fully saturated rings. The molecular weight excluding hydrogens is 418 g/mol. The minimum atomic E-state index is -1.51. The van der Waals surface area contributed by atoms with Crippen LogP contribution in [0.1, 0.15) is 91.4 Å². The zero-order chi connectivity index (χ0) is 23.7. The van der Waals surface area contributed by atoms with Crippen LogP contribution in [0.2, 0.25) is 0 Å². The molecule has 0 aromatic heterocycles. The molecule has 0 saturated heterocycles. The lowest BCUT2D eigenvalue weighted by molar-refractivity contribution is -0.170. The highest BCUT2D eigenvalue weighted by Crippen LogP contribution is 2.25. The summed E-state index contributed by atoms with van der Waals surface area (Å²) in [5.74, 6) is -4.41. The molecule has 2 rings (SSSR count). The average Bonchev–Trinajstić information content (AvgIpc) is 2.70. The maximum atomic E-state index is 12.9. The number of carbonyl (C=O) groups is 4. The van der Waals surface area contributed by atoms with Gasteiger partial charge in [-0.05, 0) is 72.1 Å². The van der Waals surface area contributed by atoms with Crippen molar-refractivity contribution in [1.29, 1.82) is 0 Å². The smallest absolute Gasteiger partial charge is 0.408 e. The van der Waals surface area contributed by atoms with Crippen LogP contribution in [0.4, 0.5) is 4.79 Å². The Balaban J connectivity index is 2.10. The van der Waals surface area contributed by atoms with Crippen LogP contribution in [-0.2, 0) is 28.6 Å². The summed E-state index contributed by atoms with van der Waals surface area (Å²) in [5, 5.41) is 11.8. The van der Waals surface area contributed by atoms with Gasteiger partial charge >= 0.3 is 24.0 Å². The normalized spacial score (nSPS) is 19.1. The van der Waals surface area contributed by atoms with E-state index < -0.39 is 48.0 Å². The molecule has 0 heterocycles. The van der Waals surface area contributed by atoms with Gasteiger partial charge in [-0.3, -0.25) is 9.59 Å². The first-order valence-electron chi connectivity index (χ1n) is 11.7. The SMILES string of the molecule is CC(C)(C)OC(=O)NC(CC(C(=O)OC1CCCCC1)C(=O)OC1CCCCC1)C(=O)O. The molecule has 0 spiro atoms. The second-order valence-electron chi connectivity index (χ2n) is 9.72. The molecule has 2 aliphatic carbocycles. The number of carbonyl (C=O) groups excluding carboxylic acids is 3. The molecule has 0 aromatic carbocycles. The monoisotopic (exact) mass is 455 g/mol. The molecule has 2 N–H and O–H groups in total. The zero-order valence-electron chi connectivity index (χ0n) is 19.4. The fourth-order valence-corrected chi connectivity index (χ4v) is 4.05. The van der Waals surface area contributed by atoms with Crippen molar-refractivity contribution in [3.8, 4) is 0 Å². The van der Waals surface area contributed by atoms with Gasteiger partial charge in [-0.25, -0.2) is 9.59 Å². The summed E-state index contributed by atoms with van der Waals surface area (Å²) < 4.78 is 16.2. The molecule has 0 radical (unpaired) electrons. The van der Waals surface area contributed by atoms with Gasteiger partial charge in [0, 0.05) is 6.42 Å². The van der Waals surface area contributed by atoms with E-state index in [2.05, 4.69) is 5.32 Å².